The number of likely N-dealkylation sites (N-methyl/N-ethyl adjacent to an activating group) is 3. The first-order chi connectivity index (χ1) is 23.2. The summed E-state index contributed by atoms with van der Waals surface area (Å²) in [7, 11) is 7.07. The largest absolute Gasteiger partial charge is 0.508 e. The highest BCUT2D eigenvalue weighted by Gasteiger charge is 2.29. The van der Waals surface area contributed by atoms with Gasteiger partial charge in [-0.1, -0.05) is 30.3 Å². The average molecular weight is 667 g/mol. The van der Waals surface area contributed by atoms with E-state index in [-0.39, 0.29) is 42.4 Å². The second kappa shape index (κ2) is 20.4. The Bertz CT molecular complexity index is 1360. The van der Waals surface area contributed by atoms with Crippen LogP contribution in [0.2, 0.25) is 0 Å². The van der Waals surface area contributed by atoms with E-state index < -0.39 is 24.0 Å². The summed E-state index contributed by atoms with van der Waals surface area (Å²) in [5.74, 6) is -1.11. The second-order valence-corrected chi connectivity index (χ2v) is 12.2. The van der Waals surface area contributed by atoms with Crippen LogP contribution in [0.3, 0.4) is 0 Å². The molecule has 264 valence electrons. The normalized spacial score (nSPS) is 18.9. The van der Waals surface area contributed by atoms with Gasteiger partial charge in [0.1, 0.15) is 17.8 Å². The highest BCUT2D eigenvalue weighted by Crippen LogP contribution is 2.28. The van der Waals surface area contributed by atoms with Gasteiger partial charge in [-0.05, 0) is 101 Å². The number of carbonyl (C=O) groups is 4. The van der Waals surface area contributed by atoms with Crippen LogP contribution in [0.1, 0.15) is 43.2 Å². The lowest BCUT2D eigenvalue weighted by molar-refractivity contribution is -0.132. The Morgan fingerprint density at radius 3 is 2.33 bits per heavy atom. The number of rotatable bonds is 16. The van der Waals surface area contributed by atoms with Gasteiger partial charge in [-0.25, -0.2) is 0 Å². The molecule has 0 radical (unpaired) electrons. The lowest BCUT2D eigenvalue weighted by Gasteiger charge is -2.25. The molecule has 0 saturated heterocycles. The van der Waals surface area contributed by atoms with Gasteiger partial charge in [0.2, 0.25) is 23.6 Å². The molecule has 1 aliphatic heterocycles. The molecule has 2 aromatic carbocycles. The van der Waals surface area contributed by atoms with E-state index in [1.54, 1.807) is 20.2 Å². The van der Waals surface area contributed by atoms with Crippen LogP contribution in [-0.4, -0.2) is 107 Å². The van der Waals surface area contributed by atoms with Gasteiger partial charge < -0.3 is 47.6 Å². The van der Waals surface area contributed by atoms with Gasteiger partial charge >= 0.3 is 0 Å². The minimum atomic E-state index is -0.889. The molecule has 9 N–H and O–H groups in total. The molecule has 0 aliphatic carbocycles. The smallest absolute Gasteiger partial charge is 0.243 e. The maximum Gasteiger partial charge on any atom is 0.243 e. The van der Waals surface area contributed by atoms with Gasteiger partial charge in [-0.3, -0.25) is 19.2 Å². The number of aromatic hydroxyl groups is 1. The lowest BCUT2D eigenvalue weighted by Crippen LogP contribution is -2.57. The first-order valence-corrected chi connectivity index (χ1v) is 16.9. The predicted molar refractivity (Wildman–Crippen MR) is 187 cm³/mol. The van der Waals surface area contributed by atoms with Crippen molar-refractivity contribution in [2.45, 2.75) is 69.1 Å². The zero-order chi connectivity index (χ0) is 34.9. The van der Waals surface area contributed by atoms with E-state index in [0.29, 0.717) is 63.8 Å². The molecule has 13 heteroatoms. The van der Waals surface area contributed by atoms with Crippen molar-refractivity contribution in [3.8, 4) is 16.9 Å². The fourth-order valence-electron chi connectivity index (χ4n) is 5.74. The summed E-state index contributed by atoms with van der Waals surface area (Å²) in [6.07, 6.45) is 3.43. The van der Waals surface area contributed by atoms with E-state index in [1.165, 1.54) is 0 Å². The number of phenols is 1. The Morgan fingerprint density at radius 2 is 1.60 bits per heavy atom. The second-order valence-electron chi connectivity index (χ2n) is 12.2. The zero-order valence-electron chi connectivity index (χ0n) is 28.7. The van der Waals surface area contributed by atoms with E-state index in [2.05, 4.69) is 42.5 Å². The third kappa shape index (κ3) is 11.9. The summed E-state index contributed by atoms with van der Waals surface area (Å²) in [5.41, 5.74) is 3.20. The molecule has 0 aromatic heterocycles. The first kappa shape index (κ1) is 38.4. The quantitative estimate of drug-likeness (QED) is 0.111. The van der Waals surface area contributed by atoms with E-state index >= 15 is 0 Å². The molecule has 48 heavy (non-hydrogen) atoms. The number of hydrogen-bond donors (Lipinski definition) is 9. The summed E-state index contributed by atoms with van der Waals surface area (Å²) < 4.78 is 0. The number of fused-ring (bicyclic) bond motifs is 5. The molecular formula is C35H54N8O5. The average Bonchev–Trinajstić information content (AvgIpc) is 3.08. The maximum absolute atomic E-state index is 13.7. The third-order valence-electron chi connectivity index (χ3n) is 8.61. The van der Waals surface area contributed by atoms with Crippen molar-refractivity contribution in [2.24, 2.45) is 0 Å². The standard InChI is InChI=1S/C35H54N8O5/c1-36-15-8-12-28-34(47)43-30(33(46)40-16-6-5-11-27(38-3)32(45)41-18-17-37-2)20-23-9-7-10-24(19-23)25-13-14-31(44)26(21-25)22-29(39-4)35(48)42-28/h7,9-10,13-14,19,21,27-30,36-39,44H,5-6,8,11-12,15-18,20,22H2,1-4H3,(H,40,46)(H,41,45)(H,42,48)(H,43,47)/t27-,28-,29-,30-/m0/s1. The number of unbranched alkanes of at least 4 members (excludes halogenated alkanes) is 1. The van der Waals surface area contributed by atoms with Crippen molar-refractivity contribution in [3.63, 3.8) is 0 Å². The van der Waals surface area contributed by atoms with E-state index in [0.717, 1.165) is 16.7 Å². The molecule has 13 nitrogen and oxygen atoms in total. The van der Waals surface area contributed by atoms with Crippen LogP contribution >= 0.6 is 0 Å². The van der Waals surface area contributed by atoms with Crippen LogP contribution in [0.15, 0.2) is 42.5 Å². The summed E-state index contributed by atoms with van der Waals surface area (Å²) in [6.45, 7) is 2.27. The SMILES string of the molecule is CNCCC[C@@H]1NC(=O)[C@@H](NC)Cc2cc(ccc2O)-c2cccc(c2)C[C@@H](C(=O)NCCCC[C@H](NC)C(=O)NCCNC)NC1=O. The van der Waals surface area contributed by atoms with Gasteiger partial charge in [0, 0.05) is 32.5 Å². The van der Waals surface area contributed by atoms with E-state index in [1.807, 2.05) is 50.5 Å². The lowest BCUT2D eigenvalue weighted by atomic mass is 9.96. The monoisotopic (exact) mass is 666 g/mol. The summed E-state index contributed by atoms with van der Waals surface area (Å²) in [4.78, 5) is 53.2. The summed E-state index contributed by atoms with van der Waals surface area (Å²) in [6, 6.07) is 10.3. The Hall–Kier alpha value is -4.04. The predicted octanol–water partition coefficient (Wildman–Crippen LogP) is -0.0749. The highest BCUT2D eigenvalue weighted by molar-refractivity contribution is 5.93. The van der Waals surface area contributed by atoms with Gasteiger partial charge in [-0.2, -0.15) is 0 Å². The van der Waals surface area contributed by atoms with Crippen molar-refractivity contribution in [1.82, 2.24) is 42.5 Å². The molecule has 2 aromatic rings. The fraction of sp³-hybridized carbons (Fsp3) is 0.543. The summed E-state index contributed by atoms with van der Waals surface area (Å²) >= 11 is 0. The molecule has 0 spiro atoms. The minimum absolute atomic E-state index is 0.0573. The van der Waals surface area contributed by atoms with Crippen molar-refractivity contribution < 1.29 is 24.3 Å². The van der Waals surface area contributed by atoms with Gasteiger partial charge in [0.05, 0.1) is 12.1 Å². The Kier molecular flexibility index (Phi) is 16.3. The summed E-state index contributed by atoms with van der Waals surface area (Å²) in [5, 5.41) is 34.5. The van der Waals surface area contributed by atoms with Crippen molar-refractivity contribution in [1.29, 1.82) is 0 Å². The minimum Gasteiger partial charge on any atom is -0.508 e. The molecule has 1 heterocycles. The number of hydrogen-bond acceptors (Lipinski definition) is 9. The molecule has 4 amide bonds. The number of benzene rings is 2. The molecule has 1 aliphatic rings. The topological polar surface area (TPSA) is 185 Å². The molecule has 3 rings (SSSR count). The van der Waals surface area contributed by atoms with Crippen LogP contribution in [0, 0.1) is 0 Å². The van der Waals surface area contributed by atoms with Gasteiger partial charge in [0.25, 0.3) is 0 Å². The number of carbonyl (C=O) groups excluding carboxylic acids is 4. The molecule has 0 fully saturated rings. The van der Waals surface area contributed by atoms with Crippen LogP contribution < -0.4 is 42.5 Å². The Balaban J connectivity index is 1.80. The molecule has 4 atom stereocenters. The van der Waals surface area contributed by atoms with Gasteiger partial charge in [-0.15, -0.1) is 0 Å². The number of amides is 4. The maximum atomic E-state index is 13.7. The fourth-order valence-corrected chi connectivity index (χ4v) is 5.74. The van der Waals surface area contributed by atoms with Crippen LogP contribution in [0.25, 0.3) is 11.1 Å². The van der Waals surface area contributed by atoms with Crippen molar-refractivity contribution >= 4 is 23.6 Å². The Morgan fingerprint density at radius 1 is 0.833 bits per heavy atom. The molecule has 0 saturated carbocycles. The Labute approximate surface area is 284 Å². The van der Waals surface area contributed by atoms with Crippen molar-refractivity contribution in [2.75, 3.05) is 54.4 Å². The highest BCUT2D eigenvalue weighted by atomic mass is 16.3. The van der Waals surface area contributed by atoms with Crippen LogP contribution in [-0.2, 0) is 32.0 Å². The van der Waals surface area contributed by atoms with Crippen molar-refractivity contribution in [3.05, 3.63) is 53.6 Å². The van der Waals surface area contributed by atoms with E-state index in [4.69, 9.17) is 0 Å². The van der Waals surface area contributed by atoms with E-state index in [9.17, 15) is 24.3 Å². The first-order valence-electron chi connectivity index (χ1n) is 16.9. The molecular weight excluding hydrogens is 612 g/mol. The third-order valence-corrected chi connectivity index (χ3v) is 8.61. The molecule has 0 unspecified atom stereocenters. The molecule has 4 bridgehead atoms. The van der Waals surface area contributed by atoms with Crippen LogP contribution in [0.4, 0.5) is 0 Å². The number of phenolic OH excluding ortho intramolecular Hbond substituents is 1. The zero-order valence-corrected chi connectivity index (χ0v) is 28.7. The van der Waals surface area contributed by atoms with Gasteiger partial charge in [0.15, 0.2) is 0 Å². The van der Waals surface area contributed by atoms with Crippen LogP contribution in [0.5, 0.6) is 5.75 Å². The number of nitrogens with one attached hydrogen (secondary N) is 8.